The first kappa shape index (κ1) is 20.6. The number of unbranched alkanes of at least 4 members (excludes halogenated alkanes) is 3. The molecule has 0 aromatic rings. The first-order chi connectivity index (χ1) is 10.1. The van der Waals surface area contributed by atoms with Gasteiger partial charge in [0, 0.05) is 0 Å². The van der Waals surface area contributed by atoms with Crippen molar-refractivity contribution in [1.82, 2.24) is 0 Å². The molecule has 0 aliphatic carbocycles. The highest BCUT2D eigenvalue weighted by Gasteiger charge is 2.09. The van der Waals surface area contributed by atoms with Crippen LogP contribution < -0.4 is 0 Å². The van der Waals surface area contributed by atoms with Gasteiger partial charge >= 0.3 is 0 Å². The maximum absolute atomic E-state index is 4.37. The molecule has 0 radical (unpaired) electrons. The molecule has 0 spiro atoms. The van der Waals surface area contributed by atoms with Crippen LogP contribution in [0.5, 0.6) is 0 Å². The van der Waals surface area contributed by atoms with Gasteiger partial charge in [-0.25, -0.2) is 0 Å². The average Bonchev–Trinajstić information content (AvgIpc) is 2.45. The van der Waals surface area contributed by atoms with Crippen molar-refractivity contribution >= 4 is 12.6 Å². The predicted octanol–water partition coefficient (Wildman–Crippen LogP) is 7.29. The van der Waals surface area contributed by atoms with E-state index >= 15 is 0 Å². The molecule has 0 N–H and O–H groups in total. The van der Waals surface area contributed by atoms with Crippen molar-refractivity contribution in [2.24, 2.45) is 0 Å². The van der Waals surface area contributed by atoms with Crippen LogP contribution in [0.25, 0.3) is 0 Å². The summed E-state index contributed by atoms with van der Waals surface area (Å²) in [6.07, 6.45) is 12.0. The van der Waals surface area contributed by atoms with Gasteiger partial charge in [0.15, 0.2) is 0 Å². The van der Waals surface area contributed by atoms with Gasteiger partial charge < -0.3 is 0 Å². The van der Waals surface area contributed by atoms with Crippen molar-refractivity contribution in [3.05, 3.63) is 35.5 Å². The minimum atomic E-state index is 0.981. The summed E-state index contributed by atoms with van der Waals surface area (Å²) in [5.41, 5.74) is 5.72. The van der Waals surface area contributed by atoms with Crippen molar-refractivity contribution in [1.29, 1.82) is 0 Å². The lowest BCUT2D eigenvalue weighted by atomic mass is 9.89. The summed E-state index contributed by atoms with van der Waals surface area (Å²) in [6, 6.07) is 0. The minimum absolute atomic E-state index is 0.981. The standard InChI is InChI=1S/C20H36S/c1-6-8-9-14-19(5)20(18(4)12-7-2)16-17(3)13-10-11-15-21/h21H,3,5-16H2,1-2,4H3. The molecule has 0 aromatic carbocycles. The maximum atomic E-state index is 4.37. The molecule has 0 heterocycles. The molecule has 21 heavy (non-hydrogen) atoms. The van der Waals surface area contributed by atoms with E-state index in [4.69, 9.17) is 0 Å². The summed E-state index contributed by atoms with van der Waals surface area (Å²) in [5.74, 6) is 0.981. The van der Waals surface area contributed by atoms with E-state index in [-0.39, 0.29) is 0 Å². The van der Waals surface area contributed by atoms with Gasteiger partial charge in [-0.1, -0.05) is 63.0 Å². The fourth-order valence-corrected chi connectivity index (χ4v) is 2.89. The largest absolute Gasteiger partial charge is 0.179 e. The topological polar surface area (TPSA) is 0 Å². The fourth-order valence-electron chi connectivity index (χ4n) is 2.67. The molecular weight excluding hydrogens is 272 g/mol. The maximum Gasteiger partial charge on any atom is -0.00678 e. The summed E-state index contributed by atoms with van der Waals surface area (Å²) in [6.45, 7) is 15.4. The van der Waals surface area contributed by atoms with Crippen LogP contribution in [0.1, 0.15) is 85.0 Å². The summed E-state index contributed by atoms with van der Waals surface area (Å²) in [4.78, 5) is 0. The Morgan fingerprint density at radius 3 is 2.10 bits per heavy atom. The highest BCUT2D eigenvalue weighted by Crippen LogP contribution is 2.28. The zero-order chi connectivity index (χ0) is 16.1. The van der Waals surface area contributed by atoms with Crippen LogP contribution >= 0.6 is 12.6 Å². The van der Waals surface area contributed by atoms with Crippen molar-refractivity contribution in [3.63, 3.8) is 0 Å². The zero-order valence-corrected chi connectivity index (χ0v) is 15.5. The number of hydrogen-bond acceptors (Lipinski definition) is 1. The van der Waals surface area contributed by atoms with E-state index < -0.39 is 0 Å². The highest BCUT2D eigenvalue weighted by atomic mass is 32.1. The average molecular weight is 309 g/mol. The SMILES string of the molecule is C=C(CCCCS)CC(C(=C)CCCCC)=C(C)CCC. The van der Waals surface area contributed by atoms with Crippen LogP contribution in [-0.4, -0.2) is 5.75 Å². The molecule has 0 bridgehead atoms. The van der Waals surface area contributed by atoms with Crippen molar-refractivity contribution < 1.29 is 0 Å². The molecule has 0 aromatic heterocycles. The molecule has 0 atom stereocenters. The van der Waals surface area contributed by atoms with Crippen molar-refractivity contribution in [2.45, 2.75) is 85.0 Å². The first-order valence-corrected chi connectivity index (χ1v) is 9.34. The van der Waals surface area contributed by atoms with E-state index in [2.05, 4.69) is 46.6 Å². The van der Waals surface area contributed by atoms with Gasteiger partial charge in [0.2, 0.25) is 0 Å². The fraction of sp³-hybridized carbons (Fsp3) is 0.700. The van der Waals surface area contributed by atoms with E-state index in [0.29, 0.717) is 0 Å². The molecule has 1 heteroatoms. The van der Waals surface area contributed by atoms with Gasteiger partial charge in [0.25, 0.3) is 0 Å². The molecule has 0 aliphatic heterocycles. The second-order valence-electron chi connectivity index (χ2n) is 6.18. The quantitative estimate of drug-likeness (QED) is 0.157. The molecule has 0 saturated heterocycles. The third-order valence-corrected chi connectivity index (χ3v) is 4.33. The smallest absolute Gasteiger partial charge is 0.00678 e. The molecule has 0 nitrogen and oxygen atoms in total. The first-order valence-electron chi connectivity index (χ1n) is 8.71. The molecule has 0 fully saturated rings. The number of hydrogen-bond donors (Lipinski definition) is 1. The van der Waals surface area contributed by atoms with E-state index in [0.717, 1.165) is 25.0 Å². The van der Waals surface area contributed by atoms with Crippen LogP contribution in [0.15, 0.2) is 35.5 Å². The van der Waals surface area contributed by atoms with Crippen molar-refractivity contribution in [3.8, 4) is 0 Å². The minimum Gasteiger partial charge on any atom is -0.179 e. The second-order valence-corrected chi connectivity index (χ2v) is 6.62. The molecule has 122 valence electrons. The molecule has 0 unspecified atom stereocenters. The van der Waals surface area contributed by atoms with Gasteiger partial charge in [-0.05, 0) is 63.2 Å². The van der Waals surface area contributed by atoms with E-state index in [1.165, 1.54) is 67.2 Å². The van der Waals surface area contributed by atoms with E-state index in [9.17, 15) is 0 Å². The Hall–Kier alpha value is -0.430. The second kappa shape index (κ2) is 13.2. The Bertz CT molecular complexity index is 336. The lowest BCUT2D eigenvalue weighted by Gasteiger charge is -2.17. The summed E-state index contributed by atoms with van der Waals surface area (Å²) in [7, 11) is 0. The van der Waals surface area contributed by atoms with Crippen LogP contribution in [-0.2, 0) is 0 Å². The van der Waals surface area contributed by atoms with E-state index in [1.807, 2.05) is 0 Å². The van der Waals surface area contributed by atoms with Crippen LogP contribution in [0, 0.1) is 0 Å². The summed E-state index contributed by atoms with van der Waals surface area (Å²) in [5, 5.41) is 0. The van der Waals surface area contributed by atoms with Gasteiger partial charge in [-0.2, -0.15) is 12.6 Å². The van der Waals surface area contributed by atoms with Gasteiger partial charge in [-0.15, -0.1) is 0 Å². The number of allylic oxidation sites excluding steroid dienone is 4. The van der Waals surface area contributed by atoms with Crippen molar-refractivity contribution in [2.75, 3.05) is 5.75 Å². The van der Waals surface area contributed by atoms with Crippen LogP contribution in [0.2, 0.25) is 0 Å². The normalized spacial score (nSPS) is 12.2. The molecule has 0 amide bonds. The predicted molar refractivity (Wildman–Crippen MR) is 102 cm³/mol. The summed E-state index contributed by atoms with van der Waals surface area (Å²) < 4.78 is 0. The van der Waals surface area contributed by atoms with Crippen LogP contribution in [0.4, 0.5) is 0 Å². The van der Waals surface area contributed by atoms with Gasteiger partial charge in [0.1, 0.15) is 0 Å². The Morgan fingerprint density at radius 1 is 0.857 bits per heavy atom. The molecule has 0 aliphatic rings. The Labute approximate surface area is 139 Å². The monoisotopic (exact) mass is 308 g/mol. The zero-order valence-electron chi connectivity index (χ0n) is 14.6. The number of rotatable bonds is 13. The van der Waals surface area contributed by atoms with Gasteiger partial charge in [0.05, 0.1) is 0 Å². The molecular formula is C20H36S. The lowest BCUT2D eigenvalue weighted by Crippen LogP contribution is -1.97. The molecule has 0 saturated carbocycles. The molecule has 0 rings (SSSR count). The highest BCUT2D eigenvalue weighted by molar-refractivity contribution is 7.80. The summed E-state index contributed by atoms with van der Waals surface area (Å²) >= 11 is 4.28. The number of thiol groups is 1. The third kappa shape index (κ3) is 10.0. The van der Waals surface area contributed by atoms with Crippen LogP contribution in [0.3, 0.4) is 0 Å². The third-order valence-electron chi connectivity index (χ3n) is 4.01. The van der Waals surface area contributed by atoms with Gasteiger partial charge in [-0.3, -0.25) is 0 Å². The Kier molecular flexibility index (Phi) is 13.0. The Balaban J connectivity index is 4.63. The Morgan fingerprint density at radius 2 is 1.52 bits per heavy atom. The lowest BCUT2D eigenvalue weighted by molar-refractivity contribution is 0.709. The van der Waals surface area contributed by atoms with E-state index in [1.54, 1.807) is 0 Å².